The average Bonchev–Trinajstić information content (AvgIpc) is 1.73. The van der Waals surface area contributed by atoms with Crippen molar-refractivity contribution < 1.29 is 111 Å². The lowest BCUT2D eigenvalue weighted by Gasteiger charge is -2.11. The van der Waals surface area contributed by atoms with Gasteiger partial charge in [-0.15, -0.1) is 61.2 Å². The lowest BCUT2D eigenvalue weighted by molar-refractivity contribution is -0.275. The standard InChI is InChI=1S/C23H19F3N4O4.C15H11F3N4O3.C15H13NO2.C13H7F3N4O3.C12H9N.C8H9N3O.C3H5ClO2/c1-3-33-22(31)20-21(30(29-28-20)13-14-4-7-17(32-2)8-5-14)19-11-16-10-18(34-23(24,25)26)9-6-15(16)12-27-19;1-2-24-14(23)13-12(20-22-21-13)11-6-9-5-10(25-15(16,17)18)4-3-8(9)7-19-11;1-3-18-15(17)7-6-14-9-13-8-11(2)4-5-12(13)10-16-14;14-13(15,16)23-8-2-1-6-5-17-9(4-7(6)3-8)10-11(12(21)22)19-20-18-10;1-3-12-7-11-6-9(2)4-5-10(11)8-13-12;1-12-8-4-2-7(3-5-8)6-10-11-9;1-2-6-3(4)5/h4-12H,3,13H2,1-2H3;3-7H,2H2,1H3,(H,20,21,22);4-5,8-10H,3H2,1-2H3;1-5H,(H,21,22)(H,18,19,20);1,4-8H,2H3;2-5H,6H2,1H3;2H2,1H3. The van der Waals surface area contributed by atoms with Gasteiger partial charge in [0.1, 0.15) is 57.2 Å². The number of H-pyrrole nitrogens is 2. The maximum absolute atomic E-state index is 12.7. The number of azide groups is 1. The van der Waals surface area contributed by atoms with E-state index < -0.39 is 48.4 Å². The first-order chi connectivity index (χ1) is 62.6. The molecule has 0 saturated heterocycles. The van der Waals surface area contributed by atoms with Gasteiger partial charge in [-0.2, -0.15) is 20.6 Å². The Balaban J connectivity index is 0.000000180. The zero-order valence-electron chi connectivity index (χ0n) is 70.0. The number of aryl methyl sites for hydroxylation is 2. The summed E-state index contributed by atoms with van der Waals surface area (Å²) in [6.07, 6.45) is -1.24. The van der Waals surface area contributed by atoms with Crippen molar-refractivity contribution in [1.29, 1.82) is 0 Å². The number of carboxylic acids is 1. The molecule has 0 fully saturated rings. The van der Waals surface area contributed by atoms with Crippen LogP contribution in [0.2, 0.25) is 0 Å². The molecule has 42 heteroatoms. The fraction of sp³-hybridized carbons (Fsp3) is 0.191. The molecule has 3 N–H and O–H groups in total. The zero-order chi connectivity index (χ0) is 95.0. The Morgan fingerprint density at radius 2 is 0.863 bits per heavy atom. The molecule has 15 rings (SSSR count). The minimum Gasteiger partial charge on any atom is -0.497 e. The normalized spacial score (nSPS) is 10.7. The number of methoxy groups -OCH3 is 2. The molecular formula is C89H73ClF9N17O15. The highest BCUT2D eigenvalue weighted by molar-refractivity contribution is 6.61. The third-order valence-corrected chi connectivity index (χ3v) is 17.3. The van der Waals surface area contributed by atoms with Crippen molar-refractivity contribution in [2.75, 3.05) is 40.6 Å². The van der Waals surface area contributed by atoms with Crippen LogP contribution in [0.5, 0.6) is 28.7 Å². The number of pyridine rings is 5. The zero-order valence-corrected chi connectivity index (χ0v) is 70.8. The molecular weight excluding hydrogens is 1750 g/mol. The number of hydrogen-bond acceptors (Lipinski definition) is 26. The van der Waals surface area contributed by atoms with E-state index in [9.17, 15) is 63.5 Å². The van der Waals surface area contributed by atoms with Gasteiger partial charge < -0.3 is 47.7 Å². The second-order valence-electron chi connectivity index (χ2n) is 26.3. The Hall–Kier alpha value is -16.6. The first-order valence-electron chi connectivity index (χ1n) is 38.4. The molecule has 15 aromatic rings. The molecule has 8 heterocycles. The van der Waals surface area contributed by atoms with Crippen molar-refractivity contribution in [2.45, 2.75) is 73.7 Å². The van der Waals surface area contributed by atoms with Gasteiger partial charge in [0, 0.05) is 80.3 Å². The van der Waals surface area contributed by atoms with Gasteiger partial charge in [0.05, 0.1) is 70.8 Å². The summed E-state index contributed by atoms with van der Waals surface area (Å²) in [4.78, 5) is 79.7. The molecule has 32 nitrogen and oxygen atoms in total. The van der Waals surface area contributed by atoms with E-state index in [1.54, 1.807) is 66.3 Å². The molecule has 0 amide bonds. The van der Waals surface area contributed by atoms with Crippen molar-refractivity contribution in [1.82, 2.24) is 70.7 Å². The van der Waals surface area contributed by atoms with Crippen molar-refractivity contribution >= 4 is 94.8 Å². The van der Waals surface area contributed by atoms with Crippen LogP contribution in [-0.4, -0.2) is 165 Å². The predicted octanol–water partition coefficient (Wildman–Crippen LogP) is 19.2. The van der Waals surface area contributed by atoms with E-state index in [1.807, 2.05) is 73.8 Å². The van der Waals surface area contributed by atoms with Crippen LogP contribution in [0.15, 0.2) is 206 Å². The van der Waals surface area contributed by atoms with Crippen LogP contribution in [0.3, 0.4) is 0 Å². The molecule has 0 unspecified atom stereocenters. The van der Waals surface area contributed by atoms with Crippen molar-refractivity contribution in [2.24, 2.45) is 5.11 Å². The maximum Gasteiger partial charge on any atom is 0.573 e. The van der Waals surface area contributed by atoms with Crippen LogP contribution >= 0.6 is 11.6 Å². The van der Waals surface area contributed by atoms with Gasteiger partial charge in [-0.05, 0) is 200 Å². The minimum atomic E-state index is -4.82. The summed E-state index contributed by atoms with van der Waals surface area (Å²) in [5.41, 5.74) is 13.5. The number of esters is 3. The number of ether oxygens (including phenoxy) is 9. The molecule has 0 aliphatic heterocycles. The van der Waals surface area contributed by atoms with Crippen LogP contribution in [-0.2, 0) is 36.8 Å². The van der Waals surface area contributed by atoms with Crippen molar-refractivity contribution in [3.63, 3.8) is 0 Å². The topological polar surface area (TPSA) is 416 Å². The van der Waals surface area contributed by atoms with E-state index in [0.717, 1.165) is 44.5 Å². The Kier molecular flexibility index (Phi) is 35.0. The highest BCUT2D eigenvalue weighted by atomic mass is 35.5. The molecule has 0 aliphatic rings. The summed E-state index contributed by atoms with van der Waals surface area (Å²) in [7, 11) is 3.18. The molecule has 7 aromatic carbocycles. The molecule has 0 atom stereocenters. The van der Waals surface area contributed by atoms with Crippen LogP contribution in [0, 0.1) is 38.0 Å². The number of aromatic carboxylic acids is 1. The second kappa shape index (κ2) is 46.6. The van der Waals surface area contributed by atoms with Gasteiger partial charge >= 0.3 is 48.4 Å². The summed E-state index contributed by atoms with van der Waals surface area (Å²) in [6, 6.07) is 46.8. The van der Waals surface area contributed by atoms with E-state index in [4.69, 9.17) is 52.3 Å². The number of aromatic amines is 2. The third kappa shape index (κ3) is 30.1. The van der Waals surface area contributed by atoms with E-state index in [0.29, 0.717) is 74.9 Å². The number of carbonyl (C=O) groups is 5. The first-order valence-corrected chi connectivity index (χ1v) is 38.7. The number of carbonyl (C=O) groups excluding carboxylic acids is 4. The van der Waals surface area contributed by atoms with E-state index in [1.165, 1.54) is 95.1 Å². The number of fused-ring (bicyclic) bond motifs is 5. The van der Waals surface area contributed by atoms with E-state index in [2.05, 4.69) is 144 Å². The molecule has 0 radical (unpaired) electrons. The largest absolute Gasteiger partial charge is 0.573 e. The Morgan fingerprint density at radius 1 is 0.473 bits per heavy atom. The average molecular weight is 1830 g/mol. The summed E-state index contributed by atoms with van der Waals surface area (Å²) in [6.45, 7) is 12.5. The summed E-state index contributed by atoms with van der Waals surface area (Å²) < 4.78 is 154. The van der Waals surface area contributed by atoms with Gasteiger partial charge in [0.25, 0.3) is 0 Å². The van der Waals surface area contributed by atoms with Gasteiger partial charge in [0.15, 0.2) is 17.1 Å². The Labute approximate surface area is 741 Å². The number of hydrogen-bond donors (Lipinski definition) is 3. The highest BCUT2D eigenvalue weighted by Gasteiger charge is 2.34. The van der Waals surface area contributed by atoms with Gasteiger partial charge in [-0.1, -0.05) is 88.0 Å². The molecule has 0 saturated carbocycles. The Bertz CT molecular complexity index is 6700. The molecule has 0 spiro atoms. The quantitative estimate of drug-likeness (QED) is 0.00989. The third-order valence-electron chi connectivity index (χ3n) is 17.2. The summed E-state index contributed by atoms with van der Waals surface area (Å²) in [5.74, 6) is 4.82. The molecule has 0 bridgehead atoms. The number of terminal acetylenes is 1. The minimum absolute atomic E-state index is 0.0125. The van der Waals surface area contributed by atoms with Crippen LogP contribution in [0.4, 0.5) is 44.3 Å². The second-order valence-corrected chi connectivity index (χ2v) is 26.6. The highest BCUT2D eigenvalue weighted by Crippen LogP contribution is 2.34. The lowest BCUT2D eigenvalue weighted by Crippen LogP contribution is -2.17. The number of alkyl halides is 9. The van der Waals surface area contributed by atoms with Gasteiger partial charge in [-0.3, -0.25) is 15.0 Å². The Morgan fingerprint density at radius 3 is 1.28 bits per heavy atom. The van der Waals surface area contributed by atoms with E-state index >= 15 is 0 Å². The predicted molar refractivity (Wildman–Crippen MR) is 459 cm³/mol. The van der Waals surface area contributed by atoms with Crippen LogP contribution < -0.4 is 23.7 Å². The summed E-state index contributed by atoms with van der Waals surface area (Å²) >= 11 is 4.72. The van der Waals surface area contributed by atoms with E-state index in [-0.39, 0.29) is 82.6 Å². The number of carboxylic acid groups (broad SMARTS) is 1. The molecule has 0 aliphatic carbocycles. The van der Waals surface area contributed by atoms with Crippen molar-refractivity contribution in [3.05, 3.63) is 262 Å². The number of halogens is 10. The van der Waals surface area contributed by atoms with Gasteiger partial charge in [-0.25, -0.2) is 38.6 Å². The summed E-state index contributed by atoms with van der Waals surface area (Å²) in [5, 5.41) is 47.2. The first kappa shape index (κ1) is 98.2. The SMILES string of the molecule is C#Cc1cc2cc(C)ccc2cn1.CCOC(=O)C#Cc1cc2cc(C)ccc2cn1.CCOC(=O)Cl.CCOC(=O)c1n[nH]nc1-c1cc2cc(OC(F)(F)F)ccc2cn1.CCOC(=O)c1nnn(Cc2ccc(OC)cc2)c1-c1cc2cc(OC(F)(F)F)ccc2cn1.COc1ccc(CN=[N+]=[N-])cc1.O=C(O)c1n[nH]nc1-c1cc2cc(OC(F)(F)F)ccc2cn1. The number of benzene rings is 7. The van der Waals surface area contributed by atoms with Crippen LogP contribution in [0.25, 0.3) is 98.5 Å². The molecule has 131 heavy (non-hydrogen) atoms. The number of rotatable bonds is 19. The smallest absolute Gasteiger partial charge is 0.497 e. The maximum atomic E-state index is 12.7. The fourth-order valence-electron chi connectivity index (χ4n) is 11.5. The van der Waals surface area contributed by atoms with Crippen molar-refractivity contribution in [3.8, 4) is 87.1 Å². The number of aromatic nitrogens is 14. The lowest BCUT2D eigenvalue weighted by atomic mass is 10.1. The molecule has 674 valence electrons. The van der Waals surface area contributed by atoms with Crippen LogP contribution in [0.1, 0.15) is 92.8 Å². The fourth-order valence-corrected chi connectivity index (χ4v) is 11.6. The number of nitrogens with one attached hydrogen (secondary N) is 2. The monoisotopic (exact) mass is 1830 g/mol. The number of nitrogens with zero attached hydrogens (tertiary/aromatic N) is 15. The molecule has 8 aromatic heterocycles. The van der Waals surface area contributed by atoms with Gasteiger partial charge in [0.2, 0.25) is 0 Å².